The van der Waals surface area contributed by atoms with E-state index in [4.69, 9.17) is 5.26 Å². The highest BCUT2D eigenvalue weighted by atomic mass is 32.2. The molecular weight excluding hydrogens is 158 g/mol. The molecule has 0 saturated carbocycles. The average Bonchev–Trinajstić information content (AvgIpc) is 2.67. The maximum absolute atomic E-state index is 10.6. The standard InChI is InChI=1S/C8H9NOS/c1-7(10)11-6-8(2-3-8)4-5-9/h2-3H,4,6H2,1H3. The Bertz CT molecular complexity index is 233. The maximum Gasteiger partial charge on any atom is 0.185 e. The number of nitriles is 1. The molecule has 0 aromatic rings. The minimum Gasteiger partial charge on any atom is -0.288 e. The van der Waals surface area contributed by atoms with Crippen LogP contribution in [0.15, 0.2) is 12.2 Å². The van der Waals surface area contributed by atoms with E-state index in [1.54, 1.807) is 6.92 Å². The van der Waals surface area contributed by atoms with Gasteiger partial charge in [0.2, 0.25) is 0 Å². The predicted octanol–water partition coefficient (Wildman–Crippen LogP) is 1.74. The van der Waals surface area contributed by atoms with Gasteiger partial charge in [-0.25, -0.2) is 0 Å². The Labute approximate surface area is 70.3 Å². The van der Waals surface area contributed by atoms with Crippen molar-refractivity contribution in [2.75, 3.05) is 5.75 Å². The van der Waals surface area contributed by atoms with Gasteiger partial charge in [-0.15, -0.1) is 0 Å². The van der Waals surface area contributed by atoms with Gasteiger partial charge in [-0.05, 0) is 0 Å². The van der Waals surface area contributed by atoms with Gasteiger partial charge in [0.05, 0.1) is 6.07 Å². The normalized spacial score (nSPS) is 17.5. The first-order valence-corrected chi connectivity index (χ1v) is 4.38. The number of rotatable bonds is 3. The van der Waals surface area contributed by atoms with Crippen molar-refractivity contribution in [2.45, 2.75) is 13.3 Å². The topological polar surface area (TPSA) is 40.9 Å². The summed E-state index contributed by atoms with van der Waals surface area (Å²) >= 11 is 1.29. The van der Waals surface area contributed by atoms with E-state index in [1.807, 2.05) is 12.2 Å². The first kappa shape index (κ1) is 8.35. The van der Waals surface area contributed by atoms with E-state index in [9.17, 15) is 4.79 Å². The van der Waals surface area contributed by atoms with Crippen LogP contribution in [0.25, 0.3) is 0 Å². The fourth-order valence-corrected chi connectivity index (χ4v) is 1.53. The fourth-order valence-electron chi connectivity index (χ4n) is 0.766. The lowest BCUT2D eigenvalue weighted by atomic mass is 10.0. The van der Waals surface area contributed by atoms with Gasteiger partial charge in [0.15, 0.2) is 5.12 Å². The number of allylic oxidation sites excluding steroid dienone is 2. The van der Waals surface area contributed by atoms with Crippen LogP contribution < -0.4 is 0 Å². The molecule has 58 valence electrons. The number of hydrogen-bond acceptors (Lipinski definition) is 3. The molecule has 0 bridgehead atoms. The van der Waals surface area contributed by atoms with Crippen molar-refractivity contribution in [3.63, 3.8) is 0 Å². The Morgan fingerprint density at radius 1 is 1.73 bits per heavy atom. The van der Waals surface area contributed by atoms with Gasteiger partial charge in [-0.3, -0.25) is 4.79 Å². The third-order valence-corrected chi connectivity index (χ3v) is 2.68. The van der Waals surface area contributed by atoms with Gasteiger partial charge >= 0.3 is 0 Å². The Balaban J connectivity index is 2.26. The Morgan fingerprint density at radius 3 is 2.73 bits per heavy atom. The molecule has 11 heavy (non-hydrogen) atoms. The number of carbonyl (C=O) groups is 1. The number of thioether (sulfide) groups is 1. The molecule has 1 aliphatic carbocycles. The fraction of sp³-hybridized carbons (Fsp3) is 0.500. The molecule has 2 nitrogen and oxygen atoms in total. The van der Waals surface area contributed by atoms with E-state index in [2.05, 4.69) is 6.07 Å². The number of carbonyl (C=O) groups excluding carboxylic acids is 1. The van der Waals surface area contributed by atoms with E-state index in [1.165, 1.54) is 11.8 Å². The second-order valence-electron chi connectivity index (χ2n) is 2.68. The number of hydrogen-bond donors (Lipinski definition) is 0. The van der Waals surface area contributed by atoms with E-state index >= 15 is 0 Å². The molecule has 0 spiro atoms. The molecule has 0 fully saturated rings. The molecule has 0 aliphatic heterocycles. The summed E-state index contributed by atoms with van der Waals surface area (Å²) in [5, 5.41) is 8.54. The molecule has 1 rings (SSSR count). The van der Waals surface area contributed by atoms with Crippen LogP contribution in [0.5, 0.6) is 0 Å². The lowest BCUT2D eigenvalue weighted by Gasteiger charge is -2.08. The van der Waals surface area contributed by atoms with Crippen molar-refractivity contribution in [1.29, 1.82) is 5.26 Å². The minimum absolute atomic E-state index is 0.0366. The van der Waals surface area contributed by atoms with Crippen LogP contribution in [0.1, 0.15) is 13.3 Å². The summed E-state index contributed by atoms with van der Waals surface area (Å²) in [5.41, 5.74) is -0.0366. The molecule has 0 amide bonds. The molecule has 0 radical (unpaired) electrons. The van der Waals surface area contributed by atoms with Crippen molar-refractivity contribution in [3.8, 4) is 6.07 Å². The first-order chi connectivity index (χ1) is 5.18. The quantitative estimate of drug-likeness (QED) is 0.601. The summed E-state index contributed by atoms with van der Waals surface area (Å²) in [6.07, 6.45) is 4.49. The van der Waals surface area contributed by atoms with E-state index in [0.29, 0.717) is 6.42 Å². The summed E-state index contributed by atoms with van der Waals surface area (Å²) in [5.74, 6) is 0.732. The van der Waals surface area contributed by atoms with Gasteiger partial charge in [0, 0.05) is 24.5 Å². The van der Waals surface area contributed by atoms with Crippen molar-refractivity contribution in [1.82, 2.24) is 0 Å². The molecule has 0 atom stereocenters. The highest BCUT2D eigenvalue weighted by molar-refractivity contribution is 8.13. The lowest BCUT2D eigenvalue weighted by molar-refractivity contribution is -0.109. The molecular formula is C8H9NOS. The van der Waals surface area contributed by atoms with Crippen molar-refractivity contribution in [2.24, 2.45) is 5.41 Å². The average molecular weight is 167 g/mol. The summed E-state index contributed by atoms with van der Waals surface area (Å²) in [7, 11) is 0. The smallest absolute Gasteiger partial charge is 0.185 e. The van der Waals surface area contributed by atoms with E-state index < -0.39 is 0 Å². The zero-order chi connectivity index (χ0) is 8.32. The van der Waals surface area contributed by atoms with Crippen molar-refractivity contribution in [3.05, 3.63) is 12.2 Å². The first-order valence-electron chi connectivity index (χ1n) is 3.39. The summed E-state index contributed by atoms with van der Waals surface area (Å²) < 4.78 is 0. The Kier molecular flexibility index (Phi) is 2.35. The van der Waals surface area contributed by atoms with Crippen LogP contribution in [0, 0.1) is 16.7 Å². The van der Waals surface area contributed by atoms with Crippen LogP contribution in [0.2, 0.25) is 0 Å². The Morgan fingerprint density at radius 2 is 2.36 bits per heavy atom. The molecule has 1 aliphatic rings. The molecule has 0 N–H and O–H groups in total. The largest absolute Gasteiger partial charge is 0.288 e. The summed E-state index contributed by atoms with van der Waals surface area (Å²) in [6, 6.07) is 2.11. The molecule has 3 heteroatoms. The van der Waals surface area contributed by atoms with Gasteiger partial charge in [-0.2, -0.15) is 5.26 Å². The second kappa shape index (κ2) is 3.10. The molecule has 0 aromatic heterocycles. The van der Waals surface area contributed by atoms with Crippen molar-refractivity contribution >= 4 is 16.9 Å². The predicted molar refractivity (Wildman–Crippen MR) is 44.9 cm³/mol. The maximum atomic E-state index is 10.6. The third-order valence-electron chi connectivity index (χ3n) is 1.59. The van der Waals surface area contributed by atoms with Gasteiger partial charge in [-0.1, -0.05) is 23.9 Å². The second-order valence-corrected chi connectivity index (χ2v) is 3.83. The molecule has 0 aromatic carbocycles. The Hall–Kier alpha value is -0.750. The van der Waals surface area contributed by atoms with E-state index in [-0.39, 0.29) is 10.5 Å². The zero-order valence-corrected chi connectivity index (χ0v) is 7.15. The monoisotopic (exact) mass is 167 g/mol. The summed E-state index contributed by atoms with van der Waals surface area (Å²) in [4.78, 5) is 10.6. The van der Waals surface area contributed by atoms with Crippen molar-refractivity contribution < 1.29 is 4.79 Å². The SMILES string of the molecule is CC(=O)SCC1(CC#N)C=C1. The third kappa shape index (κ3) is 2.39. The minimum atomic E-state index is -0.0366. The highest BCUT2D eigenvalue weighted by Gasteiger charge is 2.33. The van der Waals surface area contributed by atoms with E-state index in [0.717, 1.165) is 5.75 Å². The zero-order valence-electron chi connectivity index (χ0n) is 6.33. The van der Waals surface area contributed by atoms with Gasteiger partial charge in [0.1, 0.15) is 0 Å². The lowest BCUT2D eigenvalue weighted by Crippen LogP contribution is -2.06. The molecule has 0 saturated heterocycles. The highest BCUT2D eigenvalue weighted by Crippen LogP contribution is 2.41. The van der Waals surface area contributed by atoms with Crippen LogP contribution in [-0.4, -0.2) is 10.9 Å². The van der Waals surface area contributed by atoms with Gasteiger partial charge in [0.25, 0.3) is 0 Å². The summed E-state index contributed by atoms with van der Waals surface area (Å²) in [6.45, 7) is 1.55. The van der Waals surface area contributed by atoms with Crippen LogP contribution >= 0.6 is 11.8 Å². The number of nitrogens with zero attached hydrogens (tertiary/aromatic N) is 1. The van der Waals surface area contributed by atoms with Crippen LogP contribution in [0.4, 0.5) is 0 Å². The van der Waals surface area contributed by atoms with Crippen LogP contribution in [-0.2, 0) is 4.79 Å². The molecule has 0 unspecified atom stereocenters. The van der Waals surface area contributed by atoms with Crippen LogP contribution in [0.3, 0.4) is 0 Å². The molecule has 0 heterocycles. The van der Waals surface area contributed by atoms with Gasteiger partial charge < -0.3 is 0 Å².